The number of anilines is 1. The SMILES string of the molecule is CC(C)Nc1ccc(-c2cc(=O)n(C)cc2-c2cnn(-c3cccc(F)c3C#N)c2)cn1. The Bertz CT molecular complexity index is 1380. The summed E-state index contributed by atoms with van der Waals surface area (Å²) in [5, 5.41) is 16.9. The molecule has 160 valence electrons. The lowest BCUT2D eigenvalue weighted by Gasteiger charge is -2.12. The van der Waals surface area contributed by atoms with Crippen LogP contribution in [0.15, 0.2) is 66.0 Å². The Morgan fingerprint density at radius 3 is 2.59 bits per heavy atom. The molecule has 0 saturated heterocycles. The highest BCUT2D eigenvalue weighted by Crippen LogP contribution is 2.31. The van der Waals surface area contributed by atoms with Crippen molar-refractivity contribution in [3.63, 3.8) is 0 Å². The molecule has 0 saturated carbocycles. The summed E-state index contributed by atoms with van der Waals surface area (Å²) in [6, 6.07) is 11.9. The third kappa shape index (κ3) is 4.01. The molecule has 3 aromatic heterocycles. The van der Waals surface area contributed by atoms with Gasteiger partial charge in [-0.25, -0.2) is 14.1 Å². The van der Waals surface area contributed by atoms with Gasteiger partial charge in [-0.05, 0) is 43.7 Å². The van der Waals surface area contributed by atoms with Crippen LogP contribution in [0.25, 0.3) is 27.9 Å². The molecule has 4 rings (SSSR count). The van der Waals surface area contributed by atoms with E-state index in [9.17, 15) is 14.4 Å². The van der Waals surface area contributed by atoms with Crippen molar-refractivity contribution in [1.82, 2.24) is 19.3 Å². The average Bonchev–Trinajstić information content (AvgIpc) is 3.25. The second-order valence-electron chi connectivity index (χ2n) is 7.70. The maximum atomic E-state index is 14.0. The second-order valence-corrected chi connectivity index (χ2v) is 7.70. The van der Waals surface area contributed by atoms with Crippen molar-refractivity contribution >= 4 is 5.82 Å². The van der Waals surface area contributed by atoms with E-state index in [1.165, 1.54) is 21.4 Å². The zero-order valence-electron chi connectivity index (χ0n) is 17.9. The molecule has 0 aliphatic heterocycles. The molecule has 4 aromatic rings. The lowest BCUT2D eigenvalue weighted by molar-refractivity contribution is 0.621. The molecule has 0 unspecified atom stereocenters. The summed E-state index contributed by atoms with van der Waals surface area (Å²) in [6.07, 6.45) is 6.78. The summed E-state index contributed by atoms with van der Waals surface area (Å²) in [5.74, 6) is 0.142. The van der Waals surface area contributed by atoms with Crippen molar-refractivity contribution in [2.45, 2.75) is 19.9 Å². The number of aryl methyl sites for hydroxylation is 1. The van der Waals surface area contributed by atoms with Crippen LogP contribution in [-0.4, -0.2) is 25.4 Å². The molecule has 0 amide bonds. The Labute approximate surface area is 184 Å². The lowest BCUT2D eigenvalue weighted by Crippen LogP contribution is -2.15. The van der Waals surface area contributed by atoms with E-state index in [1.807, 2.05) is 32.0 Å². The molecule has 1 aromatic carbocycles. The maximum absolute atomic E-state index is 14.0. The maximum Gasteiger partial charge on any atom is 0.250 e. The minimum absolute atomic E-state index is 0.0831. The first kappa shape index (κ1) is 21.0. The van der Waals surface area contributed by atoms with Gasteiger partial charge in [-0.2, -0.15) is 10.4 Å². The summed E-state index contributed by atoms with van der Waals surface area (Å²) in [5.41, 5.74) is 3.07. The molecular weight excluding hydrogens is 407 g/mol. The number of benzene rings is 1. The van der Waals surface area contributed by atoms with Crippen molar-refractivity contribution < 1.29 is 4.39 Å². The van der Waals surface area contributed by atoms with Crippen LogP contribution in [-0.2, 0) is 7.05 Å². The van der Waals surface area contributed by atoms with E-state index in [-0.39, 0.29) is 17.2 Å². The van der Waals surface area contributed by atoms with Crippen LogP contribution in [0.5, 0.6) is 0 Å². The molecule has 0 bridgehead atoms. The zero-order valence-corrected chi connectivity index (χ0v) is 17.9. The molecule has 0 fully saturated rings. The summed E-state index contributed by atoms with van der Waals surface area (Å²) in [6.45, 7) is 4.06. The number of aromatic nitrogens is 4. The number of halogens is 1. The van der Waals surface area contributed by atoms with E-state index in [1.54, 1.807) is 44.0 Å². The van der Waals surface area contributed by atoms with E-state index in [0.717, 1.165) is 16.9 Å². The number of pyridine rings is 2. The van der Waals surface area contributed by atoms with Crippen molar-refractivity contribution in [1.29, 1.82) is 5.26 Å². The van der Waals surface area contributed by atoms with Gasteiger partial charge < -0.3 is 9.88 Å². The van der Waals surface area contributed by atoms with Gasteiger partial charge in [0.2, 0.25) is 0 Å². The molecule has 0 atom stereocenters. The summed E-state index contributed by atoms with van der Waals surface area (Å²) in [4.78, 5) is 16.8. The van der Waals surface area contributed by atoms with E-state index < -0.39 is 5.82 Å². The first-order valence-electron chi connectivity index (χ1n) is 10.0. The fourth-order valence-corrected chi connectivity index (χ4v) is 3.44. The molecule has 0 spiro atoms. The Morgan fingerprint density at radius 2 is 1.91 bits per heavy atom. The predicted molar refractivity (Wildman–Crippen MR) is 121 cm³/mol. The molecule has 3 heterocycles. The third-order valence-corrected chi connectivity index (χ3v) is 4.98. The number of hydrogen-bond donors (Lipinski definition) is 1. The van der Waals surface area contributed by atoms with Crippen molar-refractivity contribution in [2.75, 3.05) is 5.32 Å². The highest BCUT2D eigenvalue weighted by molar-refractivity contribution is 5.82. The van der Waals surface area contributed by atoms with Crippen LogP contribution in [0, 0.1) is 17.1 Å². The summed E-state index contributed by atoms with van der Waals surface area (Å²) >= 11 is 0. The standard InChI is InChI=1S/C24H21FN6O/c1-15(2)29-23-8-7-16(11-27-23)18-9-24(32)30(3)14-20(18)17-12-28-31(13-17)22-6-4-5-21(25)19(22)10-26/h4-9,11-15H,1-3H3,(H,27,29). The molecule has 1 N–H and O–H groups in total. The van der Waals surface area contributed by atoms with Gasteiger partial charge in [-0.15, -0.1) is 0 Å². The van der Waals surface area contributed by atoms with Gasteiger partial charge in [-0.1, -0.05) is 6.07 Å². The predicted octanol–water partition coefficient (Wildman–Crippen LogP) is 4.13. The second kappa shape index (κ2) is 8.47. The molecule has 7 nitrogen and oxygen atoms in total. The van der Waals surface area contributed by atoms with E-state index >= 15 is 0 Å². The van der Waals surface area contributed by atoms with Gasteiger partial charge in [0.25, 0.3) is 5.56 Å². The Morgan fingerprint density at radius 1 is 1.09 bits per heavy atom. The van der Waals surface area contributed by atoms with E-state index in [0.29, 0.717) is 16.8 Å². The van der Waals surface area contributed by atoms with Crippen molar-refractivity contribution in [3.8, 4) is 34.0 Å². The number of nitriles is 1. The fraction of sp³-hybridized carbons (Fsp3) is 0.167. The highest BCUT2D eigenvalue weighted by atomic mass is 19.1. The highest BCUT2D eigenvalue weighted by Gasteiger charge is 2.15. The molecule has 8 heteroatoms. The average molecular weight is 428 g/mol. The van der Waals surface area contributed by atoms with Crippen LogP contribution < -0.4 is 10.9 Å². The molecule has 32 heavy (non-hydrogen) atoms. The van der Waals surface area contributed by atoms with E-state index in [4.69, 9.17) is 0 Å². The Hall–Kier alpha value is -4.25. The molecular formula is C24H21FN6O. The first-order chi connectivity index (χ1) is 15.4. The van der Waals surface area contributed by atoms with Crippen LogP contribution in [0.4, 0.5) is 10.2 Å². The molecule has 0 aliphatic carbocycles. The number of nitrogens with one attached hydrogen (secondary N) is 1. The van der Waals surface area contributed by atoms with Crippen LogP contribution >= 0.6 is 0 Å². The Balaban J connectivity index is 1.81. The first-order valence-corrected chi connectivity index (χ1v) is 10.0. The van der Waals surface area contributed by atoms with Gasteiger partial charge in [0.1, 0.15) is 23.3 Å². The van der Waals surface area contributed by atoms with Gasteiger partial charge in [-0.3, -0.25) is 4.79 Å². The fourth-order valence-electron chi connectivity index (χ4n) is 3.44. The number of nitrogens with zero attached hydrogens (tertiary/aromatic N) is 5. The summed E-state index contributed by atoms with van der Waals surface area (Å²) in [7, 11) is 1.67. The largest absolute Gasteiger partial charge is 0.368 e. The van der Waals surface area contributed by atoms with E-state index in [2.05, 4.69) is 15.4 Å². The van der Waals surface area contributed by atoms with Gasteiger partial charge in [0.05, 0.1) is 11.9 Å². The normalized spacial score (nSPS) is 10.9. The lowest BCUT2D eigenvalue weighted by atomic mass is 9.99. The number of hydrogen-bond acceptors (Lipinski definition) is 5. The van der Waals surface area contributed by atoms with Crippen molar-refractivity contribution in [2.24, 2.45) is 7.05 Å². The molecule has 0 radical (unpaired) electrons. The van der Waals surface area contributed by atoms with Crippen molar-refractivity contribution in [3.05, 3.63) is 82.9 Å². The molecule has 0 aliphatic rings. The van der Waals surface area contributed by atoms with Gasteiger partial charge in [0.15, 0.2) is 0 Å². The Kier molecular flexibility index (Phi) is 5.56. The van der Waals surface area contributed by atoms with Crippen LogP contribution in [0.3, 0.4) is 0 Å². The quantitative estimate of drug-likeness (QED) is 0.516. The zero-order chi connectivity index (χ0) is 22.8. The van der Waals surface area contributed by atoms with Gasteiger partial charge >= 0.3 is 0 Å². The summed E-state index contributed by atoms with van der Waals surface area (Å²) < 4.78 is 17.0. The smallest absolute Gasteiger partial charge is 0.250 e. The topological polar surface area (TPSA) is 88.5 Å². The van der Waals surface area contributed by atoms with Crippen LogP contribution in [0.2, 0.25) is 0 Å². The number of rotatable bonds is 5. The van der Waals surface area contributed by atoms with Gasteiger partial charge in [0, 0.05) is 54.4 Å². The third-order valence-electron chi connectivity index (χ3n) is 4.98. The minimum atomic E-state index is -0.606. The minimum Gasteiger partial charge on any atom is -0.368 e. The monoisotopic (exact) mass is 428 g/mol. The van der Waals surface area contributed by atoms with Crippen LogP contribution in [0.1, 0.15) is 19.4 Å².